The zero-order chi connectivity index (χ0) is 15.1. The Balaban J connectivity index is 1.68. The SMILES string of the molecule is CC(C)CNCCC(=O)NCCc1c[nH]c2ccccc12. The van der Waals surface area contributed by atoms with E-state index in [-0.39, 0.29) is 5.91 Å². The van der Waals surface area contributed by atoms with Gasteiger partial charge in [-0.25, -0.2) is 0 Å². The maximum absolute atomic E-state index is 11.7. The number of para-hydroxylation sites is 1. The average molecular weight is 287 g/mol. The molecule has 4 nitrogen and oxygen atoms in total. The minimum absolute atomic E-state index is 0.117. The van der Waals surface area contributed by atoms with Crippen LogP contribution in [0.15, 0.2) is 30.5 Å². The van der Waals surface area contributed by atoms with Gasteiger partial charge in [0.15, 0.2) is 0 Å². The summed E-state index contributed by atoms with van der Waals surface area (Å²) in [7, 11) is 0. The zero-order valence-electron chi connectivity index (χ0n) is 12.9. The highest BCUT2D eigenvalue weighted by Crippen LogP contribution is 2.17. The Kier molecular flexibility index (Phi) is 5.81. The van der Waals surface area contributed by atoms with Crippen LogP contribution in [-0.2, 0) is 11.2 Å². The molecule has 2 rings (SSSR count). The van der Waals surface area contributed by atoms with Crippen LogP contribution in [0.1, 0.15) is 25.8 Å². The van der Waals surface area contributed by atoms with Gasteiger partial charge in [-0.1, -0.05) is 32.0 Å². The van der Waals surface area contributed by atoms with E-state index >= 15 is 0 Å². The van der Waals surface area contributed by atoms with Crippen LogP contribution in [0.25, 0.3) is 10.9 Å². The van der Waals surface area contributed by atoms with Crippen molar-refractivity contribution in [2.24, 2.45) is 5.92 Å². The Labute approximate surface area is 126 Å². The van der Waals surface area contributed by atoms with Crippen LogP contribution in [0.4, 0.5) is 0 Å². The number of hydrogen-bond acceptors (Lipinski definition) is 2. The van der Waals surface area contributed by atoms with E-state index in [1.165, 1.54) is 10.9 Å². The molecular weight excluding hydrogens is 262 g/mol. The van der Waals surface area contributed by atoms with Crippen molar-refractivity contribution in [1.29, 1.82) is 0 Å². The number of fused-ring (bicyclic) bond motifs is 1. The van der Waals surface area contributed by atoms with Gasteiger partial charge >= 0.3 is 0 Å². The number of nitrogens with one attached hydrogen (secondary N) is 3. The lowest BCUT2D eigenvalue weighted by Crippen LogP contribution is -2.30. The number of aromatic amines is 1. The lowest BCUT2D eigenvalue weighted by Gasteiger charge is -2.08. The molecule has 0 unspecified atom stereocenters. The number of amides is 1. The summed E-state index contributed by atoms with van der Waals surface area (Å²) in [4.78, 5) is 15.0. The number of H-pyrrole nitrogens is 1. The predicted molar refractivity (Wildman–Crippen MR) is 87.3 cm³/mol. The summed E-state index contributed by atoms with van der Waals surface area (Å²) in [6.45, 7) is 6.72. The lowest BCUT2D eigenvalue weighted by molar-refractivity contribution is -0.120. The fraction of sp³-hybridized carbons (Fsp3) is 0.471. The van der Waals surface area contributed by atoms with Crippen molar-refractivity contribution in [3.8, 4) is 0 Å². The third-order valence-electron chi connectivity index (χ3n) is 3.47. The smallest absolute Gasteiger partial charge is 0.221 e. The van der Waals surface area contributed by atoms with Crippen LogP contribution < -0.4 is 10.6 Å². The highest BCUT2D eigenvalue weighted by Gasteiger charge is 2.04. The summed E-state index contributed by atoms with van der Waals surface area (Å²) >= 11 is 0. The van der Waals surface area contributed by atoms with Gasteiger partial charge in [-0.05, 0) is 30.5 Å². The first-order chi connectivity index (χ1) is 10.2. The van der Waals surface area contributed by atoms with Gasteiger partial charge in [-0.3, -0.25) is 4.79 Å². The molecule has 0 saturated carbocycles. The molecule has 0 saturated heterocycles. The van der Waals surface area contributed by atoms with Gasteiger partial charge in [-0.2, -0.15) is 0 Å². The molecule has 21 heavy (non-hydrogen) atoms. The van der Waals surface area contributed by atoms with Gasteiger partial charge in [0.1, 0.15) is 0 Å². The van der Waals surface area contributed by atoms with Crippen LogP contribution in [0.3, 0.4) is 0 Å². The summed E-state index contributed by atoms with van der Waals surface area (Å²) in [5.74, 6) is 0.737. The normalized spacial score (nSPS) is 11.2. The van der Waals surface area contributed by atoms with Crippen molar-refractivity contribution >= 4 is 16.8 Å². The van der Waals surface area contributed by atoms with Gasteiger partial charge in [-0.15, -0.1) is 0 Å². The van der Waals surface area contributed by atoms with E-state index in [0.29, 0.717) is 18.9 Å². The molecule has 0 aliphatic rings. The number of rotatable bonds is 8. The zero-order valence-corrected chi connectivity index (χ0v) is 12.9. The minimum Gasteiger partial charge on any atom is -0.361 e. The average Bonchev–Trinajstić information content (AvgIpc) is 2.87. The van der Waals surface area contributed by atoms with Crippen molar-refractivity contribution in [3.05, 3.63) is 36.0 Å². The molecule has 0 radical (unpaired) electrons. The second-order valence-electron chi connectivity index (χ2n) is 5.81. The highest BCUT2D eigenvalue weighted by atomic mass is 16.1. The number of hydrogen-bond donors (Lipinski definition) is 3. The van der Waals surface area contributed by atoms with E-state index in [2.05, 4.69) is 41.6 Å². The van der Waals surface area contributed by atoms with E-state index in [1.807, 2.05) is 18.3 Å². The molecule has 1 aromatic carbocycles. The van der Waals surface area contributed by atoms with E-state index < -0.39 is 0 Å². The Morgan fingerprint density at radius 2 is 2.05 bits per heavy atom. The molecule has 1 aromatic heterocycles. The van der Waals surface area contributed by atoms with Crippen molar-refractivity contribution < 1.29 is 4.79 Å². The number of benzene rings is 1. The molecule has 0 atom stereocenters. The number of carbonyl (C=O) groups excluding carboxylic acids is 1. The molecule has 0 spiro atoms. The first-order valence-electron chi connectivity index (χ1n) is 7.69. The van der Waals surface area contributed by atoms with Gasteiger partial charge in [0.25, 0.3) is 0 Å². The Hall–Kier alpha value is -1.81. The first-order valence-corrected chi connectivity index (χ1v) is 7.69. The molecule has 0 aliphatic heterocycles. The largest absolute Gasteiger partial charge is 0.361 e. The maximum atomic E-state index is 11.7. The molecule has 0 fully saturated rings. The third-order valence-corrected chi connectivity index (χ3v) is 3.47. The van der Waals surface area contributed by atoms with E-state index in [9.17, 15) is 4.79 Å². The van der Waals surface area contributed by atoms with Gasteiger partial charge in [0, 0.05) is 36.6 Å². The van der Waals surface area contributed by atoms with Gasteiger partial charge in [0.05, 0.1) is 0 Å². The van der Waals surface area contributed by atoms with Crippen molar-refractivity contribution in [3.63, 3.8) is 0 Å². The van der Waals surface area contributed by atoms with Crippen LogP contribution in [0.5, 0.6) is 0 Å². The van der Waals surface area contributed by atoms with Gasteiger partial charge in [0.2, 0.25) is 5.91 Å². The molecule has 3 N–H and O–H groups in total. The Bertz CT molecular complexity index is 574. The summed E-state index contributed by atoms with van der Waals surface area (Å²) in [5, 5.41) is 7.50. The molecule has 2 aromatic rings. The van der Waals surface area contributed by atoms with Crippen molar-refractivity contribution in [1.82, 2.24) is 15.6 Å². The molecule has 4 heteroatoms. The third kappa shape index (κ3) is 4.90. The quantitative estimate of drug-likeness (QED) is 0.653. The standard InChI is InChI=1S/C17H25N3O/c1-13(2)11-18-9-8-17(21)19-10-7-14-12-20-16-6-4-3-5-15(14)16/h3-6,12-13,18,20H,7-11H2,1-2H3,(H,19,21). The van der Waals surface area contributed by atoms with Crippen LogP contribution >= 0.6 is 0 Å². The summed E-state index contributed by atoms with van der Waals surface area (Å²) in [5.41, 5.74) is 2.40. The topological polar surface area (TPSA) is 56.9 Å². The van der Waals surface area contributed by atoms with E-state index in [0.717, 1.165) is 25.0 Å². The van der Waals surface area contributed by atoms with Crippen molar-refractivity contribution in [2.45, 2.75) is 26.7 Å². The summed E-state index contributed by atoms with van der Waals surface area (Å²) in [6, 6.07) is 8.24. The molecule has 1 heterocycles. The molecule has 1 amide bonds. The molecule has 0 aliphatic carbocycles. The van der Waals surface area contributed by atoms with Crippen LogP contribution in [0.2, 0.25) is 0 Å². The van der Waals surface area contributed by atoms with Crippen LogP contribution in [-0.4, -0.2) is 30.5 Å². The second kappa shape index (κ2) is 7.84. The van der Waals surface area contributed by atoms with Crippen LogP contribution in [0, 0.1) is 5.92 Å². The predicted octanol–water partition coefficient (Wildman–Crippen LogP) is 2.46. The fourth-order valence-corrected chi connectivity index (χ4v) is 2.36. The second-order valence-corrected chi connectivity index (χ2v) is 5.81. The molecular formula is C17H25N3O. The summed E-state index contributed by atoms with van der Waals surface area (Å²) < 4.78 is 0. The van der Waals surface area contributed by atoms with Gasteiger partial charge < -0.3 is 15.6 Å². The van der Waals surface area contributed by atoms with E-state index in [1.54, 1.807) is 0 Å². The maximum Gasteiger partial charge on any atom is 0.221 e. The Morgan fingerprint density at radius 1 is 1.24 bits per heavy atom. The number of carbonyl (C=O) groups is 1. The first kappa shape index (κ1) is 15.6. The fourth-order valence-electron chi connectivity index (χ4n) is 2.36. The highest BCUT2D eigenvalue weighted by molar-refractivity contribution is 5.83. The minimum atomic E-state index is 0.117. The molecule has 0 bridgehead atoms. The lowest BCUT2D eigenvalue weighted by atomic mass is 10.1. The monoisotopic (exact) mass is 287 g/mol. The Morgan fingerprint density at radius 3 is 2.86 bits per heavy atom. The van der Waals surface area contributed by atoms with E-state index in [4.69, 9.17) is 0 Å². The summed E-state index contributed by atoms with van der Waals surface area (Å²) in [6.07, 6.45) is 3.43. The number of aromatic nitrogens is 1. The van der Waals surface area contributed by atoms with Crippen molar-refractivity contribution in [2.75, 3.05) is 19.6 Å². The molecule has 114 valence electrons.